The Labute approximate surface area is 119 Å². The summed E-state index contributed by atoms with van der Waals surface area (Å²) in [6.07, 6.45) is 4.64. The van der Waals surface area contributed by atoms with Crippen molar-refractivity contribution in [2.75, 3.05) is 26.8 Å². The van der Waals surface area contributed by atoms with Crippen molar-refractivity contribution in [3.8, 4) is 0 Å². The Hall–Kier alpha value is -0.770. The zero-order valence-corrected chi connectivity index (χ0v) is 13.5. The Morgan fingerprint density at radius 1 is 1.16 bits per heavy atom. The van der Waals surface area contributed by atoms with Crippen molar-refractivity contribution in [2.24, 2.45) is 10.9 Å². The molecule has 0 amide bonds. The van der Waals surface area contributed by atoms with Gasteiger partial charge in [0.2, 0.25) is 0 Å². The molecule has 0 aromatic rings. The Morgan fingerprint density at radius 3 is 2.47 bits per heavy atom. The van der Waals surface area contributed by atoms with Crippen molar-refractivity contribution >= 4 is 5.96 Å². The highest BCUT2D eigenvalue weighted by Gasteiger charge is 2.05. The molecule has 0 saturated carbocycles. The van der Waals surface area contributed by atoms with Gasteiger partial charge in [-0.25, -0.2) is 0 Å². The number of unbranched alkanes of at least 4 members (excludes halogenated alkanes) is 1. The third-order valence-corrected chi connectivity index (χ3v) is 3.00. The van der Waals surface area contributed by atoms with Gasteiger partial charge >= 0.3 is 0 Å². The summed E-state index contributed by atoms with van der Waals surface area (Å²) in [5, 5.41) is 6.78. The number of nitrogens with zero attached hydrogens (tertiary/aromatic N) is 1. The molecule has 114 valence electrons. The van der Waals surface area contributed by atoms with E-state index in [1.165, 1.54) is 12.8 Å². The molecule has 0 radical (unpaired) electrons. The highest BCUT2D eigenvalue weighted by molar-refractivity contribution is 5.79. The molecular formula is C15H33N3O. The molecule has 0 rings (SSSR count). The average Bonchev–Trinajstić information content (AvgIpc) is 2.39. The van der Waals surface area contributed by atoms with Gasteiger partial charge in [-0.3, -0.25) is 4.99 Å². The largest absolute Gasteiger partial charge is 0.382 e. The van der Waals surface area contributed by atoms with E-state index in [9.17, 15) is 0 Å². The molecule has 0 heterocycles. The fourth-order valence-electron chi connectivity index (χ4n) is 1.76. The molecular weight excluding hydrogens is 238 g/mol. The van der Waals surface area contributed by atoms with E-state index >= 15 is 0 Å². The van der Waals surface area contributed by atoms with E-state index in [2.05, 4.69) is 36.4 Å². The minimum Gasteiger partial charge on any atom is -0.382 e. The number of hydrogen-bond donors (Lipinski definition) is 2. The zero-order valence-electron chi connectivity index (χ0n) is 13.5. The first kappa shape index (κ1) is 18.2. The Morgan fingerprint density at radius 2 is 1.89 bits per heavy atom. The summed E-state index contributed by atoms with van der Waals surface area (Å²) in [7, 11) is 1.82. The van der Waals surface area contributed by atoms with Gasteiger partial charge < -0.3 is 15.4 Å². The first-order chi connectivity index (χ1) is 9.10. The molecule has 2 N–H and O–H groups in total. The first-order valence-corrected chi connectivity index (χ1v) is 7.65. The van der Waals surface area contributed by atoms with E-state index in [-0.39, 0.29) is 0 Å². The number of nitrogens with one attached hydrogen (secondary N) is 2. The Bertz CT molecular complexity index is 229. The molecule has 0 fully saturated rings. The topological polar surface area (TPSA) is 45.6 Å². The van der Waals surface area contributed by atoms with E-state index < -0.39 is 0 Å². The van der Waals surface area contributed by atoms with Gasteiger partial charge in [0.1, 0.15) is 0 Å². The number of aliphatic imine (C=N–C) groups is 1. The molecule has 0 saturated heterocycles. The van der Waals surface area contributed by atoms with Gasteiger partial charge in [0.15, 0.2) is 5.96 Å². The highest BCUT2D eigenvalue weighted by Crippen LogP contribution is 2.06. The van der Waals surface area contributed by atoms with E-state index in [0.717, 1.165) is 44.5 Å². The number of ether oxygens (including phenoxy) is 1. The SMILES string of the molecule is CCOCCCCNC(=NC)NC(C)CCC(C)C. The molecule has 0 aliphatic heterocycles. The van der Waals surface area contributed by atoms with Crippen LogP contribution in [0.25, 0.3) is 0 Å². The summed E-state index contributed by atoms with van der Waals surface area (Å²) in [6.45, 7) is 11.4. The lowest BCUT2D eigenvalue weighted by Gasteiger charge is -2.18. The summed E-state index contributed by atoms with van der Waals surface area (Å²) in [6, 6.07) is 0.469. The second kappa shape index (κ2) is 12.3. The average molecular weight is 271 g/mol. The third-order valence-electron chi connectivity index (χ3n) is 3.00. The lowest BCUT2D eigenvalue weighted by Crippen LogP contribution is -2.42. The van der Waals surface area contributed by atoms with Crippen LogP contribution >= 0.6 is 0 Å². The van der Waals surface area contributed by atoms with Crippen LogP contribution in [0.1, 0.15) is 53.4 Å². The van der Waals surface area contributed by atoms with Gasteiger partial charge in [0.25, 0.3) is 0 Å². The van der Waals surface area contributed by atoms with Gasteiger partial charge in [-0.1, -0.05) is 13.8 Å². The molecule has 19 heavy (non-hydrogen) atoms. The van der Waals surface area contributed by atoms with E-state index in [1.807, 2.05) is 14.0 Å². The first-order valence-electron chi connectivity index (χ1n) is 7.65. The standard InChI is InChI=1S/C15H33N3O/c1-6-19-12-8-7-11-17-15(16-5)18-14(4)10-9-13(2)3/h13-14H,6-12H2,1-5H3,(H2,16,17,18). The molecule has 0 aliphatic rings. The molecule has 4 heteroatoms. The van der Waals surface area contributed by atoms with Gasteiger partial charge in [0, 0.05) is 32.8 Å². The van der Waals surface area contributed by atoms with Gasteiger partial charge in [-0.15, -0.1) is 0 Å². The van der Waals surface area contributed by atoms with Crippen molar-refractivity contribution in [1.29, 1.82) is 0 Å². The van der Waals surface area contributed by atoms with Crippen molar-refractivity contribution in [3.05, 3.63) is 0 Å². The maximum absolute atomic E-state index is 5.31. The smallest absolute Gasteiger partial charge is 0.191 e. The van der Waals surface area contributed by atoms with E-state index in [1.54, 1.807) is 0 Å². The van der Waals surface area contributed by atoms with E-state index in [4.69, 9.17) is 4.74 Å². The fraction of sp³-hybridized carbons (Fsp3) is 0.933. The van der Waals surface area contributed by atoms with Crippen LogP contribution < -0.4 is 10.6 Å². The molecule has 0 aromatic carbocycles. The van der Waals surface area contributed by atoms with Gasteiger partial charge in [-0.2, -0.15) is 0 Å². The van der Waals surface area contributed by atoms with Crippen molar-refractivity contribution in [2.45, 2.75) is 59.4 Å². The maximum Gasteiger partial charge on any atom is 0.191 e. The monoisotopic (exact) mass is 271 g/mol. The molecule has 1 unspecified atom stereocenters. The van der Waals surface area contributed by atoms with Crippen LogP contribution in [0.3, 0.4) is 0 Å². The van der Waals surface area contributed by atoms with Crippen LogP contribution in [-0.2, 0) is 4.74 Å². The Kier molecular flexibility index (Phi) is 11.8. The predicted molar refractivity (Wildman–Crippen MR) is 83.8 cm³/mol. The summed E-state index contributed by atoms with van der Waals surface area (Å²) < 4.78 is 5.31. The maximum atomic E-state index is 5.31. The van der Waals surface area contributed by atoms with Gasteiger partial charge in [0.05, 0.1) is 0 Å². The molecule has 1 atom stereocenters. The van der Waals surface area contributed by atoms with Crippen LogP contribution in [0, 0.1) is 5.92 Å². The number of hydrogen-bond acceptors (Lipinski definition) is 2. The molecule has 0 spiro atoms. The van der Waals surface area contributed by atoms with Crippen molar-refractivity contribution in [3.63, 3.8) is 0 Å². The minimum absolute atomic E-state index is 0.469. The van der Waals surface area contributed by atoms with Crippen LogP contribution in [0.2, 0.25) is 0 Å². The quantitative estimate of drug-likeness (QED) is 0.365. The van der Waals surface area contributed by atoms with E-state index in [0.29, 0.717) is 6.04 Å². The number of guanidine groups is 1. The van der Waals surface area contributed by atoms with Crippen molar-refractivity contribution < 1.29 is 4.74 Å². The minimum atomic E-state index is 0.469. The number of rotatable bonds is 10. The molecule has 4 nitrogen and oxygen atoms in total. The molecule has 0 aromatic heterocycles. The van der Waals surface area contributed by atoms with Crippen LogP contribution in [-0.4, -0.2) is 38.8 Å². The highest BCUT2D eigenvalue weighted by atomic mass is 16.5. The Balaban J connectivity index is 3.65. The summed E-state index contributed by atoms with van der Waals surface area (Å²) in [5.41, 5.74) is 0. The van der Waals surface area contributed by atoms with Crippen molar-refractivity contribution in [1.82, 2.24) is 10.6 Å². The second-order valence-electron chi connectivity index (χ2n) is 5.42. The molecule has 0 aliphatic carbocycles. The van der Waals surface area contributed by atoms with Gasteiger partial charge in [-0.05, 0) is 45.4 Å². The second-order valence-corrected chi connectivity index (χ2v) is 5.42. The normalized spacial score (nSPS) is 13.7. The van der Waals surface area contributed by atoms with Crippen LogP contribution in [0.15, 0.2) is 4.99 Å². The lowest BCUT2D eigenvalue weighted by molar-refractivity contribution is 0.143. The molecule has 0 bridgehead atoms. The lowest BCUT2D eigenvalue weighted by atomic mass is 10.0. The summed E-state index contributed by atoms with van der Waals surface area (Å²) >= 11 is 0. The predicted octanol–water partition coefficient (Wildman–Crippen LogP) is 2.79. The fourth-order valence-corrected chi connectivity index (χ4v) is 1.76. The third kappa shape index (κ3) is 12.0. The summed E-state index contributed by atoms with van der Waals surface area (Å²) in [4.78, 5) is 4.25. The zero-order chi connectivity index (χ0) is 14.5. The summed E-state index contributed by atoms with van der Waals surface area (Å²) in [5.74, 6) is 1.67. The van der Waals surface area contributed by atoms with Crippen LogP contribution in [0.4, 0.5) is 0 Å². The van der Waals surface area contributed by atoms with Crippen LogP contribution in [0.5, 0.6) is 0 Å².